The lowest BCUT2D eigenvalue weighted by atomic mass is 10.0. The molecule has 0 radical (unpaired) electrons. The van der Waals surface area contributed by atoms with E-state index in [9.17, 15) is 14.4 Å². The van der Waals surface area contributed by atoms with Crippen molar-refractivity contribution in [1.82, 2.24) is 15.5 Å². The molecule has 2 rings (SSSR count). The lowest BCUT2D eigenvalue weighted by Crippen LogP contribution is -2.54. The molecular formula is C12H20N4O3. The average Bonchev–Trinajstić information content (AvgIpc) is 2.83. The Morgan fingerprint density at radius 3 is 2.47 bits per heavy atom. The van der Waals surface area contributed by atoms with E-state index >= 15 is 0 Å². The molecule has 2 heterocycles. The first-order chi connectivity index (χ1) is 9.08. The number of hydrogen-bond acceptors (Lipinski definition) is 4. The van der Waals surface area contributed by atoms with Crippen LogP contribution in [-0.2, 0) is 14.4 Å². The summed E-state index contributed by atoms with van der Waals surface area (Å²) in [6.45, 7) is 1.57. The zero-order valence-corrected chi connectivity index (χ0v) is 10.9. The van der Waals surface area contributed by atoms with Crippen molar-refractivity contribution >= 4 is 17.7 Å². The van der Waals surface area contributed by atoms with E-state index in [0.717, 1.165) is 25.9 Å². The summed E-state index contributed by atoms with van der Waals surface area (Å²) in [6.07, 6.45) is 2.48. The number of piperidine rings is 1. The first kappa shape index (κ1) is 13.8. The third-order valence-corrected chi connectivity index (χ3v) is 3.65. The Kier molecular flexibility index (Phi) is 4.36. The number of nitrogens with one attached hydrogen (secondary N) is 2. The number of nitrogens with two attached hydrogens (primary N) is 1. The second kappa shape index (κ2) is 6.01. The summed E-state index contributed by atoms with van der Waals surface area (Å²) in [5.74, 6) is -0.810. The normalized spacial score (nSPS) is 24.0. The molecule has 3 amide bonds. The van der Waals surface area contributed by atoms with Gasteiger partial charge in [0.1, 0.15) is 6.04 Å². The molecular weight excluding hydrogens is 248 g/mol. The molecule has 4 N–H and O–H groups in total. The number of carbonyl (C=O) groups is 3. The molecule has 106 valence electrons. The highest BCUT2D eigenvalue weighted by molar-refractivity contribution is 5.92. The van der Waals surface area contributed by atoms with E-state index in [1.54, 1.807) is 4.90 Å². The van der Waals surface area contributed by atoms with Crippen LogP contribution in [0.4, 0.5) is 0 Å². The summed E-state index contributed by atoms with van der Waals surface area (Å²) in [7, 11) is 0. The number of amides is 3. The van der Waals surface area contributed by atoms with Gasteiger partial charge in [-0.15, -0.1) is 0 Å². The summed E-state index contributed by atoms with van der Waals surface area (Å²) in [5, 5.41) is 5.86. The minimum Gasteiger partial charge on any atom is -0.368 e. The highest BCUT2D eigenvalue weighted by Crippen LogP contribution is 2.16. The van der Waals surface area contributed by atoms with E-state index in [1.807, 2.05) is 0 Å². The molecule has 0 spiro atoms. The maximum Gasteiger partial charge on any atom is 0.245 e. The summed E-state index contributed by atoms with van der Waals surface area (Å²) in [6, 6.07) is -0.472. The molecule has 0 bridgehead atoms. The van der Waals surface area contributed by atoms with Gasteiger partial charge in [-0.3, -0.25) is 14.4 Å². The summed E-state index contributed by atoms with van der Waals surface area (Å²) < 4.78 is 0. The van der Waals surface area contributed by atoms with E-state index < -0.39 is 11.9 Å². The number of hydrogen-bond donors (Lipinski definition) is 3. The highest BCUT2D eigenvalue weighted by Gasteiger charge is 2.34. The van der Waals surface area contributed by atoms with Crippen LogP contribution in [0.2, 0.25) is 0 Å². The molecule has 2 aliphatic heterocycles. The van der Waals surface area contributed by atoms with Crippen molar-refractivity contribution in [2.24, 2.45) is 5.73 Å². The summed E-state index contributed by atoms with van der Waals surface area (Å²) >= 11 is 0. The molecule has 0 unspecified atom stereocenters. The number of primary amides is 1. The van der Waals surface area contributed by atoms with Crippen LogP contribution in [0.15, 0.2) is 0 Å². The minimum absolute atomic E-state index is 0.0266. The molecule has 0 saturated carbocycles. The van der Waals surface area contributed by atoms with Gasteiger partial charge in [0.05, 0.1) is 6.54 Å². The second-order valence-corrected chi connectivity index (χ2v) is 5.07. The number of nitrogens with zero attached hydrogens (tertiary/aromatic N) is 1. The third-order valence-electron chi connectivity index (χ3n) is 3.65. The predicted molar refractivity (Wildman–Crippen MR) is 68.0 cm³/mol. The Labute approximate surface area is 111 Å². The van der Waals surface area contributed by atoms with E-state index in [-0.39, 0.29) is 24.4 Å². The zero-order valence-electron chi connectivity index (χ0n) is 10.9. The van der Waals surface area contributed by atoms with Crippen molar-refractivity contribution < 1.29 is 14.4 Å². The van der Waals surface area contributed by atoms with Gasteiger partial charge in [0.25, 0.3) is 0 Å². The van der Waals surface area contributed by atoms with Gasteiger partial charge in [0, 0.05) is 12.5 Å². The molecule has 2 saturated heterocycles. The maximum atomic E-state index is 12.4. The quantitative estimate of drug-likeness (QED) is 0.567. The molecule has 2 aliphatic rings. The summed E-state index contributed by atoms with van der Waals surface area (Å²) in [4.78, 5) is 36.3. The predicted octanol–water partition coefficient (Wildman–Crippen LogP) is -1.67. The van der Waals surface area contributed by atoms with Gasteiger partial charge in [-0.05, 0) is 32.4 Å². The summed E-state index contributed by atoms with van der Waals surface area (Å²) in [5.41, 5.74) is 5.23. The Morgan fingerprint density at radius 2 is 1.95 bits per heavy atom. The smallest absolute Gasteiger partial charge is 0.245 e. The Morgan fingerprint density at radius 1 is 1.26 bits per heavy atom. The van der Waals surface area contributed by atoms with Crippen molar-refractivity contribution in [3.05, 3.63) is 0 Å². The Balaban J connectivity index is 2.05. The largest absolute Gasteiger partial charge is 0.368 e. The molecule has 0 aromatic carbocycles. The van der Waals surface area contributed by atoms with Crippen molar-refractivity contribution in [2.45, 2.75) is 37.8 Å². The lowest BCUT2D eigenvalue weighted by molar-refractivity contribution is -0.140. The lowest BCUT2D eigenvalue weighted by Gasteiger charge is -2.35. The van der Waals surface area contributed by atoms with Gasteiger partial charge in [-0.1, -0.05) is 0 Å². The number of rotatable bonds is 4. The van der Waals surface area contributed by atoms with Crippen LogP contribution in [-0.4, -0.2) is 54.3 Å². The highest BCUT2D eigenvalue weighted by atomic mass is 16.2. The van der Waals surface area contributed by atoms with Crippen molar-refractivity contribution in [3.63, 3.8) is 0 Å². The minimum atomic E-state index is -0.517. The molecule has 2 fully saturated rings. The standard InChI is InChI=1S/C12H20N4O3/c13-10(17)7-16(8-3-5-14-6-4-8)12(19)9-1-2-11(18)15-9/h8-9,14H,1-7H2,(H2,13,17)(H,15,18)/t9-/m0/s1. The fraction of sp³-hybridized carbons (Fsp3) is 0.750. The van der Waals surface area contributed by atoms with E-state index in [1.165, 1.54) is 0 Å². The fourth-order valence-corrected chi connectivity index (χ4v) is 2.67. The van der Waals surface area contributed by atoms with Crippen LogP contribution in [0.25, 0.3) is 0 Å². The molecule has 1 atom stereocenters. The molecule has 7 heteroatoms. The molecule has 0 aromatic rings. The fourth-order valence-electron chi connectivity index (χ4n) is 2.67. The Hall–Kier alpha value is -1.63. The topological polar surface area (TPSA) is 105 Å². The van der Waals surface area contributed by atoms with E-state index in [0.29, 0.717) is 12.8 Å². The van der Waals surface area contributed by atoms with Crippen molar-refractivity contribution in [3.8, 4) is 0 Å². The van der Waals surface area contributed by atoms with E-state index in [4.69, 9.17) is 5.73 Å². The average molecular weight is 268 g/mol. The van der Waals surface area contributed by atoms with Gasteiger partial charge in [-0.25, -0.2) is 0 Å². The number of carbonyl (C=O) groups excluding carboxylic acids is 3. The molecule has 19 heavy (non-hydrogen) atoms. The van der Waals surface area contributed by atoms with Crippen molar-refractivity contribution in [1.29, 1.82) is 0 Å². The molecule has 0 aliphatic carbocycles. The van der Waals surface area contributed by atoms with Crippen molar-refractivity contribution in [2.75, 3.05) is 19.6 Å². The van der Waals surface area contributed by atoms with Gasteiger partial charge < -0.3 is 21.3 Å². The van der Waals surface area contributed by atoms with Gasteiger partial charge in [0.2, 0.25) is 17.7 Å². The SMILES string of the molecule is NC(=O)CN(C(=O)[C@@H]1CCC(=O)N1)C1CCNCC1. The molecule has 7 nitrogen and oxygen atoms in total. The first-order valence-electron chi connectivity index (χ1n) is 6.67. The van der Waals surface area contributed by atoms with Gasteiger partial charge >= 0.3 is 0 Å². The Bertz CT molecular complexity index is 379. The van der Waals surface area contributed by atoms with Crippen LogP contribution in [0.3, 0.4) is 0 Å². The van der Waals surface area contributed by atoms with Crippen LogP contribution in [0.5, 0.6) is 0 Å². The van der Waals surface area contributed by atoms with Crippen LogP contribution in [0.1, 0.15) is 25.7 Å². The van der Waals surface area contributed by atoms with E-state index in [2.05, 4.69) is 10.6 Å². The van der Waals surface area contributed by atoms with Crippen LogP contribution < -0.4 is 16.4 Å². The molecule has 0 aromatic heterocycles. The van der Waals surface area contributed by atoms with Crippen LogP contribution in [0, 0.1) is 0 Å². The monoisotopic (exact) mass is 268 g/mol. The maximum absolute atomic E-state index is 12.4. The van der Waals surface area contributed by atoms with Gasteiger partial charge in [0.15, 0.2) is 0 Å². The third kappa shape index (κ3) is 3.44. The second-order valence-electron chi connectivity index (χ2n) is 5.07. The first-order valence-corrected chi connectivity index (χ1v) is 6.67. The van der Waals surface area contributed by atoms with Gasteiger partial charge in [-0.2, -0.15) is 0 Å². The zero-order chi connectivity index (χ0) is 13.8. The van der Waals surface area contributed by atoms with Crippen LogP contribution >= 0.6 is 0 Å².